The van der Waals surface area contributed by atoms with Crippen molar-refractivity contribution in [2.75, 3.05) is 7.11 Å². The van der Waals surface area contributed by atoms with Gasteiger partial charge in [0.1, 0.15) is 0 Å². The average Bonchev–Trinajstić information content (AvgIpc) is 3.15. The Morgan fingerprint density at radius 1 is 0.960 bits per heavy atom. The number of fused-ring (bicyclic) bond motifs is 1. The quantitative estimate of drug-likeness (QED) is 0.696. The van der Waals surface area contributed by atoms with Crippen molar-refractivity contribution in [1.29, 1.82) is 0 Å². The van der Waals surface area contributed by atoms with Gasteiger partial charge in [-0.1, -0.05) is 48.0 Å². The number of hydrogen-bond acceptors (Lipinski definition) is 2. The molecule has 0 N–H and O–H groups in total. The first-order valence-electron chi connectivity index (χ1n) is 9.37. The highest BCUT2D eigenvalue weighted by molar-refractivity contribution is 5.69. The number of aryl methyl sites for hydroxylation is 1. The van der Waals surface area contributed by atoms with Gasteiger partial charge >= 0.3 is 0 Å². The van der Waals surface area contributed by atoms with Gasteiger partial charge in [-0.25, -0.2) is 0 Å². The molecule has 0 spiro atoms. The molecule has 0 amide bonds. The van der Waals surface area contributed by atoms with Crippen molar-refractivity contribution >= 4 is 6.08 Å². The summed E-state index contributed by atoms with van der Waals surface area (Å²) in [4.78, 5) is 0. The molecule has 1 saturated carbocycles. The zero-order chi connectivity index (χ0) is 17.2. The van der Waals surface area contributed by atoms with Crippen LogP contribution >= 0.6 is 0 Å². The van der Waals surface area contributed by atoms with Gasteiger partial charge in [0, 0.05) is 11.5 Å². The van der Waals surface area contributed by atoms with Crippen LogP contribution < -0.4 is 9.47 Å². The second kappa shape index (κ2) is 6.95. The lowest BCUT2D eigenvalue weighted by molar-refractivity contribution is 0.200. The minimum absolute atomic E-state index is 0.327. The van der Waals surface area contributed by atoms with Crippen LogP contribution in [0.2, 0.25) is 0 Å². The Hall–Kier alpha value is -2.22. The maximum atomic E-state index is 6.42. The summed E-state index contributed by atoms with van der Waals surface area (Å²) < 4.78 is 12.0. The number of ether oxygens (including phenoxy) is 2. The average molecular weight is 334 g/mol. The molecule has 2 nitrogen and oxygen atoms in total. The maximum Gasteiger partial charge on any atom is 0.169 e. The lowest BCUT2D eigenvalue weighted by atomic mass is 9.81. The largest absolute Gasteiger partial charge is 0.493 e. The number of methoxy groups -OCH3 is 1. The molecule has 1 atom stereocenters. The van der Waals surface area contributed by atoms with E-state index in [9.17, 15) is 0 Å². The summed E-state index contributed by atoms with van der Waals surface area (Å²) >= 11 is 0. The Balaban J connectivity index is 1.74. The molecule has 0 saturated heterocycles. The van der Waals surface area contributed by atoms with Crippen molar-refractivity contribution < 1.29 is 9.47 Å². The summed E-state index contributed by atoms with van der Waals surface area (Å²) in [5.74, 6) is 2.16. The predicted molar refractivity (Wildman–Crippen MR) is 103 cm³/mol. The molecule has 4 rings (SSSR count). The molecule has 25 heavy (non-hydrogen) atoms. The van der Waals surface area contributed by atoms with Crippen molar-refractivity contribution in [3.63, 3.8) is 0 Å². The Kier molecular flexibility index (Phi) is 4.52. The zero-order valence-corrected chi connectivity index (χ0v) is 15.1. The molecular formula is C23H26O2. The lowest BCUT2D eigenvalue weighted by Gasteiger charge is -2.26. The molecule has 0 bridgehead atoms. The summed E-state index contributed by atoms with van der Waals surface area (Å²) in [6.07, 6.45) is 10.7. The highest BCUT2D eigenvalue weighted by Crippen LogP contribution is 2.44. The van der Waals surface area contributed by atoms with Crippen molar-refractivity contribution in [3.05, 3.63) is 64.7 Å². The van der Waals surface area contributed by atoms with Crippen LogP contribution in [0.1, 0.15) is 60.3 Å². The Labute approximate surface area is 150 Å². The van der Waals surface area contributed by atoms with Crippen molar-refractivity contribution in [2.45, 2.75) is 51.0 Å². The lowest BCUT2D eigenvalue weighted by Crippen LogP contribution is -2.15. The van der Waals surface area contributed by atoms with Gasteiger partial charge in [-0.05, 0) is 56.2 Å². The zero-order valence-electron chi connectivity index (χ0n) is 15.1. The molecular weight excluding hydrogens is 308 g/mol. The third-order valence-corrected chi connectivity index (χ3v) is 5.51. The number of hydrogen-bond donors (Lipinski definition) is 0. The van der Waals surface area contributed by atoms with Gasteiger partial charge < -0.3 is 9.47 Å². The van der Waals surface area contributed by atoms with Gasteiger partial charge in [-0.2, -0.15) is 0 Å². The fourth-order valence-electron chi connectivity index (χ4n) is 4.09. The first-order chi connectivity index (χ1) is 12.3. The van der Waals surface area contributed by atoms with Crippen molar-refractivity contribution in [3.8, 4) is 11.5 Å². The fourth-order valence-corrected chi connectivity index (χ4v) is 4.09. The summed E-state index contributed by atoms with van der Waals surface area (Å²) in [6.45, 7) is 2.14. The minimum Gasteiger partial charge on any atom is -0.493 e. The van der Waals surface area contributed by atoms with E-state index in [1.54, 1.807) is 7.11 Å². The number of allylic oxidation sites excluding steroid dienone is 1. The molecule has 2 aliphatic rings. The third-order valence-electron chi connectivity index (χ3n) is 5.51. The molecule has 1 unspecified atom stereocenters. The molecule has 0 aliphatic heterocycles. The monoisotopic (exact) mass is 334 g/mol. The van der Waals surface area contributed by atoms with Crippen LogP contribution in [0.4, 0.5) is 0 Å². The van der Waals surface area contributed by atoms with Crippen LogP contribution in [-0.2, 0) is 0 Å². The Morgan fingerprint density at radius 3 is 2.44 bits per heavy atom. The van der Waals surface area contributed by atoms with E-state index in [1.807, 2.05) is 0 Å². The molecule has 0 heterocycles. The molecule has 2 aromatic rings. The van der Waals surface area contributed by atoms with E-state index < -0.39 is 0 Å². The van der Waals surface area contributed by atoms with E-state index >= 15 is 0 Å². The first kappa shape index (κ1) is 16.3. The molecule has 2 aromatic carbocycles. The van der Waals surface area contributed by atoms with Crippen LogP contribution in [0.15, 0.2) is 42.5 Å². The number of benzene rings is 2. The summed E-state index contributed by atoms with van der Waals surface area (Å²) in [6, 6.07) is 13.2. The topological polar surface area (TPSA) is 18.5 Å². The first-order valence-corrected chi connectivity index (χ1v) is 9.37. The van der Waals surface area contributed by atoms with E-state index in [0.717, 1.165) is 30.8 Å². The SMILES string of the molecule is COc1ccc2c(c1OC1CCCC1)C=CCC2c1ccc(C)cc1. The maximum absolute atomic E-state index is 6.42. The van der Waals surface area contributed by atoms with E-state index in [1.165, 1.54) is 35.1 Å². The van der Waals surface area contributed by atoms with Gasteiger partial charge in [-0.15, -0.1) is 0 Å². The molecule has 2 aliphatic carbocycles. The third kappa shape index (κ3) is 3.18. The van der Waals surface area contributed by atoms with Crippen molar-refractivity contribution in [2.24, 2.45) is 0 Å². The van der Waals surface area contributed by atoms with Crippen molar-refractivity contribution in [1.82, 2.24) is 0 Å². The molecule has 0 aromatic heterocycles. The molecule has 0 radical (unpaired) electrons. The van der Waals surface area contributed by atoms with Gasteiger partial charge in [0.2, 0.25) is 0 Å². The van der Waals surface area contributed by atoms with Crippen LogP contribution in [0.5, 0.6) is 11.5 Å². The summed E-state index contributed by atoms with van der Waals surface area (Å²) in [5, 5.41) is 0. The van der Waals surface area contributed by atoms with E-state index in [0.29, 0.717) is 12.0 Å². The van der Waals surface area contributed by atoms with Crippen LogP contribution in [-0.4, -0.2) is 13.2 Å². The van der Waals surface area contributed by atoms with Gasteiger partial charge in [-0.3, -0.25) is 0 Å². The Morgan fingerprint density at radius 2 is 1.72 bits per heavy atom. The standard InChI is InChI=1S/C23H26O2/c1-16-10-12-17(13-11-16)19-8-5-9-21-20(19)14-15-22(24-2)23(21)25-18-6-3-4-7-18/h5,9-15,18-19H,3-4,6-8H2,1-2H3. The number of rotatable bonds is 4. The highest BCUT2D eigenvalue weighted by atomic mass is 16.5. The van der Waals surface area contributed by atoms with E-state index in [4.69, 9.17) is 9.47 Å². The Bertz CT molecular complexity index is 767. The minimum atomic E-state index is 0.327. The summed E-state index contributed by atoms with van der Waals surface area (Å²) in [5.41, 5.74) is 5.21. The van der Waals surface area contributed by atoms with Gasteiger partial charge in [0.05, 0.1) is 13.2 Å². The molecule has 1 fully saturated rings. The second-order valence-corrected chi connectivity index (χ2v) is 7.23. The fraction of sp³-hybridized carbons (Fsp3) is 0.391. The van der Waals surface area contributed by atoms with Gasteiger partial charge in [0.15, 0.2) is 11.5 Å². The smallest absolute Gasteiger partial charge is 0.169 e. The summed E-state index contributed by atoms with van der Waals surface area (Å²) in [7, 11) is 1.73. The molecule has 2 heteroatoms. The van der Waals surface area contributed by atoms with Crippen LogP contribution in [0, 0.1) is 6.92 Å². The predicted octanol–water partition coefficient (Wildman–Crippen LogP) is 5.87. The second-order valence-electron chi connectivity index (χ2n) is 7.23. The normalized spacial score (nSPS) is 19.7. The molecule has 130 valence electrons. The van der Waals surface area contributed by atoms with E-state index in [2.05, 4.69) is 55.5 Å². The van der Waals surface area contributed by atoms with E-state index in [-0.39, 0.29) is 0 Å². The van der Waals surface area contributed by atoms with Crippen LogP contribution in [0.25, 0.3) is 6.08 Å². The highest BCUT2D eigenvalue weighted by Gasteiger charge is 2.26. The van der Waals surface area contributed by atoms with Gasteiger partial charge in [0.25, 0.3) is 0 Å². The van der Waals surface area contributed by atoms with Crippen LogP contribution in [0.3, 0.4) is 0 Å².